The molecular weight excluding hydrogens is 587 g/mol. The number of nitrogens with zero attached hydrogens (tertiary/aromatic N) is 1. The lowest BCUT2D eigenvalue weighted by Crippen LogP contribution is -2.34. The van der Waals surface area contributed by atoms with Crippen LogP contribution in [0.2, 0.25) is 0 Å². The molecule has 0 spiro atoms. The lowest BCUT2D eigenvalue weighted by Gasteiger charge is -2.42. The van der Waals surface area contributed by atoms with Crippen molar-refractivity contribution in [3.63, 3.8) is 0 Å². The molecule has 0 amide bonds. The summed E-state index contributed by atoms with van der Waals surface area (Å²) >= 11 is 0. The van der Waals surface area contributed by atoms with Crippen molar-refractivity contribution in [2.75, 3.05) is 0 Å². The van der Waals surface area contributed by atoms with E-state index >= 15 is 0 Å². The van der Waals surface area contributed by atoms with E-state index in [0.717, 1.165) is 50.1 Å². The molecule has 0 fully saturated rings. The molecule has 1 unspecified atom stereocenters. The van der Waals surface area contributed by atoms with Gasteiger partial charge in [0.25, 0.3) is 0 Å². The van der Waals surface area contributed by atoms with Crippen molar-refractivity contribution in [2.24, 2.45) is 0 Å². The summed E-state index contributed by atoms with van der Waals surface area (Å²) in [6.45, 7) is 0. The Bertz CT molecular complexity index is 2570. The highest BCUT2D eigenvalue weighted by atomic mass is 16.5. The van der Waals surface area contributed by atoms with E-state index in [0.29, 0.717) is 5.56 Å². The summed E-state index contributed by atoms with van der Waals surface area (Å²) < 4.78 is 13.2. The topological polar surface area (TPSA) is 46.2 Å². The highest BCUT2D eigenvalue weighted by Crippen LogP contribution is 2.61. The first-order valence-corrected chi connectivity index (χ1v) is 16.3. The first-order chi connectivity index (χ1) is 23.8. The summed E-state index contributed by atoms with van der Waals surface area (Å²) in [6, 6.07) is 57.9. The van der Waals surface area contributed by atoms with Crippen molar-refractivity contribution in [1.82, 2.24) is 0 Å². The lowest BCUT2D eigenvalue weighted by molar-refractivity contribution is 0.436. The Morgan fingerprint density at radius 1 is 0.562 bits per heavy atom. The second-order valence-electron chi connectivity index (χ2n) is 12.7. The van der Waals surface area contributed by atoms with Crippen molar-refractivity contribution in [2.45, 2.75) is 11.3 Å². The Balaban J connectivity index is 1.26. The molecular formula is C45H27NO2. The summed E-state index contributed by atoms with van der Waals surface area (Å²) in [7, 11) is 0. The summed E-state index contributed by atoms with van der Waals surface area (Å²) in [6.07, 6.45) is 0. The predicted molar refractivity (Wildman–Crippen MR) is 190 cm³/mol. The van der Waals surface area contributed by atoms with Gasteiger partial charge < -0.3 is 9.15 Å². The summed E-state index contributed by atoms with van der Waals surface area (Å²) in [4.78, 5) is 0. The van der Waals surface area contributed by atoms with Crippen LogP contribution < -0.4 is 4.74 Å². The fraction of sp³-hybridized carbons (Fsp3) is 0.0444. The van der Waals surface area contributed by atoms with Crippen LogP contribution in [0.1, 0.15) is 50.4 Å². The zero-order valence-electron chi connectivity index (χ0n) is 25.9. The number of fused-ring (bicyclic) bond motifs is 9. The number of hydrogen-bond donors (Lipinski definition) is 0. The molecule has 0 radical (unpaired) electrons. The molecule has 1 aliphatic heterocycles. The van der Waals surface area contributed by atoms with Crippen molar-refractivity contribution in [3.05, 3.63) is 202 Å². The Morgan fingerprint density at radius 2 is 1.23 bits per heavy atom. The highest BCUT2D eigenvalue weighted by molar-refractivity contribution is 6.06. The van der Waals surface area contributed by atoms with Gasteiger partial charge in [0.2, 0.25) is 0 Å². The fourth-order valence-corrected chi connectivity index (χ4v) is 8.35. The number of rotatable bonds is 3. The minimum Gasteiger partial charge on any atom is -0.456 e. The maximum atomic E-state index is 9.60. The normalized spacial score (nSPS) is 15.2. The van der Waals surface area contributed by atoms with E-state index in [1.54, 1.807) is 6.07 Å². The van der Waals surface area contributed by atoms with Gasteiger partial charge in [0, 0.05) is 33.4 Å². The minimum absolute atomic E-state index is 0.00128. The molecule has 1 aliphatic carbocycles. The standard InChI is InChI=1S/C45H27NO2/c46-27-28-19-23-39-35(25-28)36-26-29(20-24-40(36)47-39)42-32-15-7-8-16-33(32)43-34(42)21-22-38-44(43)48-41-18-10-9-17-37(41)45(38,30-11-3-1-4-12-30)31-13-5-2-6-14-31/h1-26,42H. The Morgan fingerprint density at radius 3 is 2.00 bits per heavy atom. The van der Waals surface area contributed by atoms with Gasteiger partial charge in [-0.25, -0.2) is 0 Å². The van der Waals surface area contributed by atoms with Crippen molar-refractivity contribution >= 4 is 21.9 Å². The molecule has 224 valence electrons. The van der Waals surface area contributed by atoms with Gasteiger partial charge in [0.05, 0.1) is 17.0 Å². The van der Waals surface area contributed by atoms with Gasteiger partial charge in [0.1, 0.15) is 22.7 Å². The first kappa shape index (κ1) is 26.8. The SMILES string of the molecule is N#Cc1ccc2oc3ccc(C4c5ccccc5-c5c4ccc4c5Oc5ccccc5C4(c4ccccc4)c4ccccc4)cc3c2c1. The Hall–Kier alpha value is -6.37. The van der Waals surface area contributed by atoms with Gasteiger partial charge in [-0.05, 0) is 69.8 Å². The maximum absolute atomic E-state index is 9.60. The predicted octanol–water partition coefficient (Wildman–Crippen LogP) is 11.1. The van der Waals surface area contributed by atoms with Crippen LogP contribution in [0.25, 0.3) is 33.1 Å². The third-order valence-electron chi connectivity index (χ3n) is 10.3. The van der Waals surface area contributed by atoms with Gasteiger partial charge >= 0.3 is 0 Å². The largest absolute Gasteiger partial charge is 0.456 e. The van der Waals surface area contributed by atoms with Crippen LogP contribution in [-0.2, 0) is 5.41 Å². The summed E-state index contributed by atoms with van der Waals surface area (Å²) in [5, 5.41) is 11.6. The summed E-state index contributed by atoms with van der Waals surface area (Å²) in [5.41, 5.74) is 12.3. The van der Waals surface area contributed by atoms with Gasteiger partial charge in [-0.3, -0.25) is 0 Å². The van der Waals surface area contributed by atoms with Gasteiger partial charge in [-0.15, -0.1) is 0 Å². The van der Waals surface area contributed by atoms with E-state index in [1.165, 1.54) is 33.4 Å². The Labute approximate surface area is 277 Å². The van der Waals surface area contributed by atoms with Crippen LogP contribution in [0.4, 0.5) is 0 Å². The number of hydrogen-bond acceptors (Lipinski definition) is 3. The van der Waals surface area contributed by atoms with Crippen LogP contribution in [0.15, 0.2) is 162 Å². The molecule has 1 atom stereocenters. The van der Waals surface area contributed by atoms with Crippen LogP contribution in [-0.4, -0.2) is 0 Å². The van der Waals surface area contributed by atoms with E-state index in [2.05, 4.69) is 146 Å². The molecule has 10 rings (SSSR count). The third-order valence-corrected chi connectivity index (χ3v) is 10.3. The van der Waals surface area contributed by atoms with E-state index in [4.69, 9.17) is 9.15 Å². The molecule has 0 saturated carbocycles. The molecule has 2 heterocycles. The molecule has 0 bridgehead atoms. The van der Waals surface area contributed by atoms with E-state index in [-0.39, 0.29) is 5.92 Å². The smallest absolute Gasteiger partial charge is 0.140 e. The van der Waals surface area contributed by atoms with Crippen molar-refractivity contribution < 1.29 is 9.15 Å². The molecule has 3 heteroatoms. The molecule has 3 nitrogen and oxygen atoms in total. The quantitative estimate of drug-likeness (QED) is 0.199. The van der Waals surface area contributed by atoms with Gasteiger partial charge in [0.15, 0.2) is 0 Å². The van der Waals surface area contributed by atoms with Crippen LogP contribution in [0.3, 0.4) is 0 Å². The fourth-order valence-electron chi connectivity index (χ4n) is 8.35. The molecule has 1 aromatic heterocycles. The number of furan rings is 1. The molecule has 2 aliphatic rings. The van der Waals surface area contributed by atoms with Crippen LogP contribution in [0, 0.1) is 11.3 Å². The Kier molecular flexibility index (Phi) is 5.62. The average molecular weight is 614 g/mol. The highest BCUT2D eigenvalue weighted by Gasteiger charge is 2.47. The zero-order valence-corrected chi connectivity index (χ0v) is 25.9. The lowest BCUT2D eigenvalue weighted by atomic mass is 9.63. The third kappa shape index (κ3) is 3.57. The van der Waals surface area contributed by atoms with E-state index in [1.807, 2.05) is 12.1 Å². The monoisotopic (exact) mass is 613 g/mol. The van der Waals surface area contributed by atoms with Crippen molar-refractivity contribution in [3.8, 4) is 28.7 Å². The maximum Gasteiger partial charge on any atom is 0.140 e. The molecule has 0 N–H and O–H groups in total. The number of para-hydroxylation sites is 1. The minimum atomic E-state index is -0.582. The second kappa shape index (κ2) is 10.1. The second-order valence-corrected chi connectivity index (χ2v) is 12.7. The number of nitriles is 1. The first-order valence-electron chi connectivity index (χ1n) is 16.3. The number of ether oxygens (including phenoxy) is 1. The van der Waals surface area contributed by atoms with Gasteiger partial charge in [-0.1, -0.05) is 121 Å². The van der Waals surface area contributed by atoms with Crippen LogP contribution in [0.5, 0.6) is 11.5 Å². The van der Waals surface area contributed by atoms with E-state index in [9.17, 15) is 5.26 Å². The van der Waals surface area contributed by atoms with Gasteiger partial charge in [-0.2, -0.15) is 5.26 Å². The van der Waals surface area contributed by atoms with E-state index < -0.39 is 5.41 Å². The molecule has 8 aromatic rings. The molecule has 7 aromatic carbocycles. The molecule has 48 heavy (non-hydrogen) atoms. The van der Waals surface area contributed by atoms with Crippen molar-refractivity contribution in [1.29, 1.82) is 5.26 Å². The number of benzene rings is 7. The molecule has 0 saturated heterocycles. The average Bonchev–Trinajstić information content (AvgIpc) is 3.69. The van der Waals surface area contributed by atoms with Crippen LogP contribution >= 0.6 is 0 Å². The zero-order chi connectivity index (χ0) is 31.8. The summed E-state index contributed by atoms with van der Waals surface area (Å²) in [5.74, 6) is 1.77.